The predicted octanol–water partition coefficient (Wildman–Crippen LogP) is 8.66. The number of unbranched alkanes of at least 4 members (excludes halogenated alkanes) is 7. The Bertz CT molecular complexity index is 1450. The molecule has 0 spiro atoms. The van der Waals surface area contributed by atoms with Crippen LogP contribution in [0.3, 0.4) is 0 Å². The molecule has 13 nitrogen and oxygen atoms in total. The topological polar surface area (TPSA) is 210 Å². The zero-order chi connectivity index (χ0) is 45.7. The first-order chi connectivity index (χ1) is 29.9. The third-order valence-corrected chi connectivity index (χ3v) is 10.7. The third-order valence-electron chi connectivity index (χ3n) is 9.67. The lowest BCUT2D eigenvalue weighted by atomic mass is 9.85. The summed E-state index contributed by atoms with van der Waals surface area (Å²) in [7, 11) is -5.15. The number of aliphatic hydroxyl groups is 5. The summed E-state index contributed by atoms with van der Waals surface area (Å²) in [6.45, 7) is 3.05. The molecule has 1 aliphatic carbocycles. The van der Waals surface area contributed by atoms with E-state index in [1.165, 1.54) is 12.8 Å². The molecule has 1 saturated carbocycles. The molecule has 1 rings (SSSR count). The van der Waals surface area contributed by atoms with E-state index < -0.39 is 75.7 Å². The number of aliphatic hydroxyl groups excluding tert-OH is 5. The molecule has 0 heterocycles. The van der Waals surface area contributed by atoms with Crippen LogP contribution in [-0.2, 0) is 32.7 Å². The van der Waals surface area contributed by atoms with Crippen molar-refractivity contribution < 1.29 is 63.1 Å². The molecule has 0 aromatic rings. The maximum absolute atomic E-state index is 12.8. The molecular weight excluding hydrogens is 815 g/mol. The minimum absolute atomic E-state index is 0.0374. The van der Waals surface area contributed by atoms with Gasteiger partial charge in [-0.15, -0.1) is 0 Å². The van der Waals surface area contributed by atoms with Crippen LogP contribution in [0.1, 0.15) is 136 Å². The SMILES string of the molecule is CC/C=C\C/C=C\C/C=C\C/C=C\C/C=C\C/C=C\CCC(=O)O[C@H](COC(=O)CCCCCCC/C=C\C/C=C\CCCC)COP(=O)(O)OC1C(O)C(O)C(O)[C@@H](O)C1O. The number of hydrogen-bond donors (Lipinski definition) is 6. The first-order valence-corrected chi connectivity index (χ1v) is 24.0. The van der Waals surface area contributed by atoms with Gasteiger partial charge in [-0.3, -0.25) is 18.6 Å². The van der Waals surface area contributed by atoms with Crippen molar-refractivity contribution in [2.24, 2.45) is 0 Å². The van der Waals surface area contributed by atoms with Gasteiger partial charge in [0.15, 0.2) is 6.10 Å². The molecule has 14 heteroatoms. The van der Waals surface area contributed by atoms with Crippen LogP contribution in [0.5, 0.6) is 0 Å². The van der Waals surface area contributed by atoms with Crippen molar-refractivity contribution in [1.82, 2.24) is 0 Å². The second kappa shape index (κ2) is 37.2. The van der Waals surface area contributed by atoms with E-state index in [0.29, 0.717) is 19.3 Å². The summed E-state index contributed by atoms with van der Waals surface area (Å²) in [6, 6.07) is 0. The highest BCUT2D eigenvalue weighted by molar-refractivity contribution is 7.47. The molecule has 6 N–H and O–H groups in total. The summed E-state index contributed by atoms with van der Waals surface area (Å²) in [4.78, 5) is 35.6. The predicted molar refractivity (Wildman–Crippen MR) is 244 cm³/mol. The quantitative estimate of drug-likeness (QED) is 0.0153. The molecule has 1 aliphatic rings. The van der Waals surface area contributed by atoms with Gasteiger partial charge in [0.05, 0.1) is 6.61 Å². The van der Waals surface area contributed by atoms with E-state index in [1.807, 2.05) is 18.2 Å². The van der Waals surface area contributed by atoms with E-state index in [2.05, 4.69) is 92.8 Å². The number of carbonyl (C=O) groups is 2. The number of phosphoric ester groups is 1. The average Bonchev–Trinajstić information content (AvgIpc) is 3.25. The lowest BCUT2D eigenvalue weighted by Crippen LogP contribution is -2.64. The van der Waals surface area contributed by atoms with Gasteiger partial charge in [0.2, 0.25) is 0 Å². The fourth-order valence-corrected chi connectivity index (χ4v) is 7.01. The molecule has 6 unspecified atom stereocenters. The molecule has 8 atom stereocenters. The Balaban J connectivity index is 2.55. The van der Waals surface area contributed by atoms with Crippen molar-refractivity contribution in [2.75, 3.05) is 13.2 Å². The van der Waals surface area contributed by atoms with Crippen LogP contribution in [0.4, 0.5) is 0 Å². The van der Waals surface area contributed by atoms with Crippen LogP contribution in [0, 0.1) is 0 Å². The van der Waals surface area contributed by atoms with E-state index >= 15 is 0 Å². The summed E-state index contributed by atoms with van der Waals surface area (Å²) in [5.41, 5.74) is 0. The van der Waals surface area contributed by atoms with Gasteiger partial charge in [-0.1, -0.05) is 143 Å². The molecule has 0 saturated heterocycles. The molecule has 0 aromatic heterocycles. The van der Waals surface area contributed by atoms with E-state index in [-0.39, 0.29) is 12.8 Å². The fraction of sp³-hybridized carbons (Fsp3) is 0.625. The Morgan fingerprint density at radius 1 is 0.516 bits per heavy atom. The normalized spacial score (nSPS) is 22.8. The highest BCUT2D eigenvalue weighted by Gasteiger charge is 2.51. The lowest BCUT2D eigenvalue weighted by Gasteiger charge is -2.41. The molecule has 0 amide bonds. The summed E-state index contributed by atoms with van der Waals surface area (Å²) >= 11 is 0. The van der Waals surface area contributed by atoms with Crippen molar-refractivity contribution in [3.05, 3.63) is 97.2 Å². The zero-order valence-electron chi connectivity index (χ0n) is 37.1. The summed E-state index contributed by atoms with van der Waals surface area (Å²) in [5, 5.41) is 50.1. The van der Waals surface area contributed by atoms with Gasteiger partial charge in [0.1, 0.15) is 43.2 Å². The zero-order valence-corrected chi connectivity index (χ0v) is 38.0. The van der Waals surface area contributed by atoms with Crippen LogP contribution < -0.4 is 0 Å². The Morgan fingerprint density at radius 3 is 1.47 bits per heavy atom. The van der Waals surface area contributed by atoms with Crippen LogP contribution in [0.25, 0.3) is 0 Å². The van der Waals surface area contributed by atoms with Gasteiger partial charge >= 0.3 is 19.8 Å². The first kappa shape index (κ1) is 56.8. The minimum Gasteiger partial charge on any atom is -0.462 e. The number of rotatable bonds is 35. The number of hydrogen-bond acceptors (Lipinski definition) is 12. The van der Waals surface area contributed by atoms with Gasteiger partial charge in [0.25, 0.3) is 0 Å². The van der Waals surface area contributed by atoms with Crippen molar-refractivity contribution in [2.45, 2.75) is 179 Å². The molecule has 352 valence electrons. The molecule has 62 heavy (non-hydrogen) atoms. The van der Waals surface area contributed by atoms with E-state index in [9.17, 15) is 44.6 Å². The number of allylic oxidation sites excluding steroid dienone is 16. The van der Waals surface area contributed by atoms with Gasteiger partial charge in [-0.25, -0.2) is 4.57 Å². The van der Waals surface area contributed by atoms with Gasteiger partial charge in [-0.05, 0) is 77.0 Å². The summed E-state index contributed by atoms with van der Waals surface area (Å²) < 4.78 is 33.4. The highest BCUT2D eigenvalue weighted by atomic mass is 31.2. The Labute approximate surface area is 370 Å². The largest absolute Gasteiger partial charge is 0.472 e. The van der Waals surface area contributed by atoms with Crippen LogP contribution in [0.2, 0.25) is 0 Å². The highest BCUT2D eigenvalue weighted by Crippen LogP contribution is 2.47. The third kappa shape index (κ3) is 29.2. The number of ether oxygens (including phenoxy) is 2. The van der Waals surface area contributed by atoms with Crippen molar-refractivity contribution >= 4 is 19.8 Å². The summed E-state index contributed by atoms with van der Waals surface area (Å²) in [6.07, 6.45) is 36.2. The molecule has 0 aromatic carbocycles. The maximum atomic E-state index is 12.8. The molecule has 0 radical (unpaired) electrons. The number of carbonyl (C=O) groups excluding carboxylic acids is 2. The second-order valence-corrected chi connectivity index (χ2v) is 16.6. The standard InChI is InChI=1S/C48H77O13P/c1-3-5-7-9-11-13-15-17-19-20-21-22-23-25-27-29-31-33-35-37-42(50)60-40(39-59-62(56,57)61-48-46(54)44(52)43(51)45(53)47(48)55)38-58-41(49)36-34-32-30-28-26-24-18-16-14-12-10-8-6-4-2/h5,7,10-13,16-19,21-22,25,27,31,33,40,43-48,51-55H,3-4,6,8-9,14-15,20,23-24,26,28-30,32,34-39H2,1-2H3,(H,56,57)/b7-5-,12-10-,13-11-,18-16-,19-17-,22-21-,27-25-,33-31-/t40-,43?,44-,45?,46?,47?,48?/m1/s1. The Morgan fingerprint density at radius 2 is 0.952 bits per heavy atom. The van der Waals surface area contributed by atoms with Crippen LogP contribution in [0.15, 0.2) is 97.2 Å². The van der Waals surface area contributed by atoms with Crippen LogP contribution in [-0.4, -0.2) is 98.3 Å². The van der Waals surface area contributed by atoms with Gasteiger partial charge < -0.3 is 39.9 Å². The van der Waals surface area contributed by atoms with Crippen molar-refractivity contribution in [3.8, 4) is 0 Å². The van der Waals surface area contributed by atoms with Gasteiger partial charge in [0, 0.05) is 12.8 Å². The summed E-state index contributed by atoms with van der Waals surface area (Å²) in [5.74, 6) is -1.23. The number of phosphoric acid groups is 1. The second-order valence-electron chi connectivity index (χ2n) is 15.2. The molecule has 1 fully saturated rings. The smallest absolute Gasteiger partial charge is 0.462 e. The first-order valence-electron chi connectivity index (χ1n) is 22.5. The molecule has 0 bridgehead atoms. The van der Waals surface area contributed by atoms with E-state index in [1.54, 1.807) is 0 Å². The maximum Gasteiger partial charge on any atom is 0.472 e. The average molecular weight is 893 g/mol. The number of esters is 2. The Kier molecular flexibility index (Phi) is 34.0. The van der Waals surface area contributed by atoms with Crippen molar-refractivity contribution in [3.63, 3.8) is 0 Å². The monoisotopic (exact) mass is 893 g/mol. The van der Waals surface area contributed by atoms with Crippen molar-refractivity contribution in [1.29, 1.82) is 0 Å². The van der Waals surface area contributed by atoms with Crippen LogP contribution >= 0.6 is 7.82 Å². The fourth-order valence-electron chi connectivity index (χ4n) is 6.03. The van der Waals surface area contributed by atoms with E-state index in [0.717, 1.165) is 77.0 Å². The molecule has 0 aliphatic heterocycles. The van der Waals surface area contributed by atoms with E-state index in [4.69, 9.17) is 18.5 Å². The Hall–Kier alpha value is -3.23. The molecular formula is C48H77O13P. The minimum atomic E-state index is -5.15. The lowest BCUT2D eigenvalue weighted by molar-refractivity contribution is -0.220. The van der Waals surface area contributed by atoms with Gasteiger partial charge in [-0.2, -0.15) is 0 Å².